The molecule has 3 rings (SSSR count). The van der Waals surface area contributed by atoms with Crippen LogP contribution >= 0.6 is 0 Å². The van der Waals surface area contributed by atoms with Crippen molar-refractivity contribution in [2.75, 3.05) is 13.1 Å². The zero-order valence-corrected chi connectivity index (χ0v) is 16.3. The number of rotatable bonds is 4. The van der Waals surface area contributed by atoms with E-state index in [4.69, 9.17) is 0 Å². The van der Waals surface area contributed by atoms with E-state index in [-0.39, 0.29) is 29.8 Å². The molecule has 0 bridgehead atoms. The maximum atomic E-state index is 13.6. The Labute approximate surface area is 171 Å². The van der Waals surface area contributed by atoms with Crippen molar-refractivity contribution in [1.82, 2.24) is 15.2 Å². The number of benzene rings is 1. The molecule has 1 saturated heterocycles. The summed E-state index contributed by atoms with van der Waals surface area (Å²) in [6, 6.07) is 6.67. The molecule has 1 fully saturated rings. The Morgan fingerprint density at radius 1 is 1.17 bits per heavy atom. The first-order valence-electron chi connectivity index (χ1n) is 9.50. The van der Waals surface area contributed by atoms with Gasteiger partial charge in [0.15, 0.2) is 0 Å². The highest BCUT2D eigenvalue weighted by molar-refractivity contribution is 5.94. The van der Waals surface area contributed by atoms with Gasteiger partial charge in [0, 0.05) is 31.7 Å². The Morgan fingerprint density at radius 3 is 2.43 bits per heavy atom. The number of halogens is 4. The Balaban J connectivity index is 1.50. The van der Waals surface area contributed by atoms with Crippen LogP contribution in [-0.2, 0) is 17.5 Å². The SMILES string of the molecule is Cc1ccc(CNC(=O)C2CCN(C(=O)c3ccc(C(F)(F)F)nc3)CC2)cc1F. The predicted molar refractivity (Wildman–Crippen MR) is 101 cm³/mol. The summed E-state index contributed by atoms with van der Waals surface area (Å²) < 4.78 is 51.4. The second-order valence-electron chi connectivity index (χ2n) is 7.30. The van der Waals surface area contributed by atoms with Crippen molar-refractivity contribution in [3.8, 4) is 0 Å². The Hall–Kier alpha value is -2.97. The van der Waals surface area contributed by atoms with E-state index >= 15 is 0 Å². The van der Waals surface area contributed by atoms with E-state index in [1.54, 1.807) is 19.1 Å². The molecule has 0 radical (unpaired) electrons. The van der Waals surface area contributed by atoms with Gasteiger partial charge in [-0.25, -0.2) is 4.39 Å². The molecule has 1 N–H and O–H groups in total. The van der Waals surface area contributed by atoms with E-state index < -0.39 is 17.8 Å². The van der Waals surface area contributed by atoms with Gasteiger partial charge in [-0.3, -0.25) is 14.6 Å². The summed E-state index contributed by atoms with van der Waals surface area (Å²) >= 11 is 0. The lowest BCUT2D eigenvalue weighted by Crippen LogP contribution is -2.43. The van der Waals surface area contributed by atoms with Crippen LogP contribution in [0.4, 0.5) is 17.6 Å². The van der Waals surface area contributed by atoms with Gasteiger partial charge in [0.05, 0.1) is 5.56 Å². The van der Waals surface area contributed by atoms with E-state index in [1.807, 2.05) is 0 Å². The van der Waals surface area contributed by atoms with Gasteiger partial charge < -0.3 is 10.2 Å². The number of likely N-dealkylation sites (tertiary alicyclic amines) is 1. The number of nitrogens with zero attached hydrogens (tertiary/aromatic N) is 2. The highest BCUT2D eigenvalue weighted by atomic mass is 19.4. The first-order valence-corrected chi connectivity index (χ1v) is 9.50. The first kappa shape index (κ1) is 21.7. The van der Waals surface area contributed by atoms with E-state index in [0.717, 1.165) is 18.3 Å². The molecule has 2 aromatic rings. The fraction of sp³-hybridized carbons (Fsp3) is 0.381. The monoisotopic (exact) mass is 423 g/mol. The van der Waals surface area contributed by atoms with Crippen LogP contribution in [0.5, 0.6) is 0 Å². The molecule has 160 valence electrons. The van der Waals surface area contributed by atoms with Gasteiger partial charge in [-0.2, -0.15) is 13.2 Å². The van der Waals surface area contributed by atoms with Crippen LogP contribution in [0.2, 0.25) is 0 Å². The number of carbonyl (C=O) groups excluding carboxylic acids is 2. The molecule has 5 nitrogen and oxygen atoms in total. The van der Waals surface area contributed by atoms with Crippen LogP contribution in [0.25, 0.3) is 0 Å². The molecular weight excluding hydrogens is 402 g/mol. The van der Waals surface area contributed by atoms with Crippen LogP contribution < -0.4 is 5.32 Å². The number of nitrogens with one attached hydrogen (secondary N) is 1. The summed E-state index contributed by atoms with van der Waals surface area (Å²) in [5.41, 5.74) is 0.217. The van der Waals surface area contributed by atoms with E-state index in [0.29, 0.717) is 37.1 Å². The van der Waals surface area contributed by atoms with Gasteiger partial charge in [-0.15, -0.1) is 0 Å². The minimum atomic E-state index is -4.56. The van der Waals surface area contributed by atoms with Crippen LogP contribution in [0.3, 0.4) is 0 Å². The van der Waals surface area contributed by atoms with Crippen molar-refractivity contribution in [2.24, 2.45) is 5.92 Å². The zero-order valence-electron chi connectivity index (χ0n) is 16.3. The maximum Gasteiger partial charge on any atom is 0.433 e. The smallest absolute Gasteiger partial charge is 0.352 e. The van der Waals surface area contributed by atoms with Gasteiger partial charge in [-0.05, 0) is 49.1 Å². The topological polar surface area (TPSA) is 62.3 Å². The Morgan fingerprint density at radius 2 is 1.87 bits per heavy atom. The average molecular weight is 423 g/mol. The Bertz CT molecular complexity index is 921. The highest BCUT2D eigenvalue weighted by Gasteiger charge is 2.33. The number of pyridine rings is 1. The quantitative estimate of drug-likeness (QED) is 0.763. The number of alkyl halides is 3. The number of piperidine rings is 1. The molecule has 2 heterocycles. The third-order valence-corrected chi connectivity index (χ3v) is 5.16. The van der Waals surface area contributed by atoms with Gasteiger partial charge in [0.1, 0.15) is 11.5 Å². The predicted octanol–water partition coefficient (Wildman–Crippen LogP) is 3.72. The van der Waals surface area contributed by atoms with Crippen molar-refractivity contribution < 1.29 is 27.2 Å². The lowest BCUT2D eigenvalue weighted by atomic mass is 9.95. The lowest BCUT2D eigenvalue weighted by Gasteiger charge is -2.31. The fourth-order valence-electron chi connectivity index (χ4n) is 3.30. The standard InChI is InChI=1S/C21H21F4N3O2/c1-13-2-3-14(10-17(13)22)11-27-19(29)15-6-8-28(9-7-15)20(30)16-4-5-18(26-12-16)21(23,24)25/h2-5,10,12,15H,6-9,11H2,1H3,(H,27,29). The number of amides is 2. The molecule has 1 aromatic carbocycles. The van der Waals surface area contributed by atoms with Crippen LogP contribution in [0.15, 0.2) is 36.5 Å². The third kappa shape index (κ3) is 5.14. The van der Waals surface area contributed by atoms with Gasteiger partial charge >= 0.3 is 6.18 Å². The molecule has 2 amide bonds. The summed E-state index contributed by atoms with van der Waals surface area (Å²) in [5.74, 6) is -1.19. The molecular formula is C21H21F4N3O2. The first-order chi connectivity index (χ1) is 14.1. The second kappa shape index (κ2) is 8.81. The summed E-state index contributed by atoms with van der Waals surface area (Å²) in [4.78, 5) is 29.7. The molecule has 30 heavy (non-hydrogen) atoms. The molecule has 1 aliphatic heterocycles. The number of carbonyl (C=O) groups is 2. The molecule has 0 saturated carbocycles. The van der Waals surface area contributed by atoms with Crippen molar-refractivity contribution >= 4 is 11.8 Å². The summed E-state index contributed by atoms with van der Waals surface area (Å²) in [7, 11) is 0. The molecule has 1 aliphatic rings. The lowest BCUT2D eigenvalue weighted by molar-refractivity contribution is -0.141. The largest absolute Gasteiger partial charge is 0.433 e. The molecule has 0 unspecified atom stereocenters. The van der Waals surface area contributed by atoms with E-state index in [9.17, 15) is 27.2 Å². The van der Waals surface area contributed by atoms with E-state index in [1.165, 1.54) is 11.0 Å². The van der Waals surface area contributed by atoms with Crippen molar-refractivity contribution in [3.05, 3.63) is 64.7 Å². The summed E-state index contributed by atoms with van der Waals surface area (Å²) in [6.07, 6.45) is -2.76. The second-order valence-corrected chi connectivity index (χ2v) is 7.30. The van der Waals surface area contributed by atoms with Crippen molar-refractivity contribution in [3.63, 3.8) is 0 Å². The number of hydrogen-bond donors (Lipinski definition) is 1. The minimum Gasteiger partial charge on any atom is -0.352 e. The average Bonchev–Trinajstić information content (AvgIpc) is 2.73. The van der Waals surface area contributed by atoms with Crippen molar-refractivity contribution in [1.29, 1.82) is 0 Å². The summed E-state index contributed by atoms with van der Waals surface area (Å²) in [6.45, 7) is 2.51. The van der Waals surface area contributed by atoms with Gasteiger partial charge in [0.2, 0.25) is 5.91 Å². The van der Waals surface area contributed by atoms with Crippen LogP contribution in [-0.4, -0.2) is 34.8 Å². The number of aryl methyl sites for hydroxylation is 1. The molecule has 0 aliphatic carbocycles. The summed E-state index contributed by atoms with van der Waals surface area (Å²) in [5, 5.41) is 2.79. The molecule has 9 heteroatoms. The van der Waals surface area contributed by atoms with E-state index in [2.05, 4.69) is 10.3 Å². The molecule has 0 spiro atoms. The van der Waals surface area contributed by atoms with Crippen molar-refractivity contribution in [2.45, 2.75) is 32.5 Å². The molecule has 0 atom stereocenters. The molecule has 1 aromatic heterocycles. The van der Waals surface area contributed by atoms with Crippen LogP contribution in [0, 0.1) is 18.7 Å². The van der Waals surface area contributed by atoms with Gasteiger partial charge in [0.25, 0.3) is 5.91 Å². The number of hydrogen-bond acceptors (Lipinski definition) is 3. The highest BCUT2D eigenvalue weighted by Crippen LogP contribution is 2.27. The van der Waals surface area contributed by atoms with Gasteiger partial charge in [-0.1, -0.05) is 12.1 Å². The fourth-order valence-corrected chi connectivity index (χ4v) is 3.30. The third-order valence-electron chi connectivity index (χ3n) is 5.16. The maximum absolute atomic E-state index is 13.6. The van der Waals surface area contributed by atoms with Crippen LogP contribution in [0.1, 0.15) is 40.0 Å². The normalized spacial score (nSPS) is 15.2. The number of aromatic nitrogens is 1. The zero-order chi connectivity index (χ0) is 21.9. The minimum absolute atomic E-state index is 0.0762. The Kier molecular flexibility index (Phi) is 6.38.